The van der Waals surface area contributed by atoms with Gasteiger partial charge in [-0.1, -0.05) is 19.1 Å². The lowest BCUT2D eigenvalue weighted by molar-refractivity contribution is -0.116. The molecule has 3 aromatic rings. The van der Waals surface area contributed by atoms with Crippen molar-refractivity contribution >= 4 is 11.6 Å². The van der Waals surface area contributed by atoms with Gasteiger partial charge in [0.2, 0.25) is 11.8 Å². The Morgan fingerprint density at radius 1 is 1.26 bits per heavy atom. The zero-order valence-corrected chi connectivity index (χ0v) is 13.1. The van der Waals surface area contributed by atoms with Gasteiger partial charge in [-0.05, 0) is 36.8 Å². The van der Waals surface area contributed by atoms with E-state index in [2.05, 4.69) is 15.5 Å². The summed E-state index contributed by atoms with van der Waals surface area (Å²) in [4.78, 5) is 12.2. The monoisotopic (exact) mass is 310 g/mol. The van der Waals surface area contributed by atoms with E-state index >= 15 is 0 Å². The van der Waals surface area contributed by atoms with E-state index in [-0.39, 0.29) is 12.5 Å². The Bertz CT molecular complexity index is 819. The predicted molar refractivity (Wildman–Crippen MR) is 86.9 cm³/mol. The highest BCUT2D eigenvalue weighted by atomic mass is 16.4. The Morgan fingerprint density at radius 3 is 2.87 bits per heavy atom. The average molecular weight is 310 g/mol. The number of hydrogen-bond donors (Lipinski definition) is 1. The number of rotatable bonds is 5. The Kier molecular flexibility index (Phi) is 4.23. The second-order valence-corrected chi connectivity index (χ2v) is 5.29. The maximum Gasteiger partial charge on any atom is 0.264 e. The number of aromatic nitrogens is 3. The fourth-order valence-electron chi connectivity index (χ4n) is 2.32. The van der Waals surface area contributed by atoms with E-state index in [4.69, 9.17) is 4.42 Å². The van der Waals surface area contributed by atoms with Crippen molar-refractivity contribution in [1.29, 1.82) is 0 Å². The van der Waals surface area contributed by atoms with E-state index in [0.717, 1.165) is 16.9 Å². The second kappa shape index (κ2) is 6.48. The summed E-state index contributed by atoms with van der Waals surface area (Å²) in [6.45, 7) is 4.12. The molecule has 6 nitrogen and oxygen atoms in total. The van der Waals surface area contributed by atoms with Crippen molar-refractivity contribution in [2.45, 2.75) is 26.8 Å². The number of nitrogens with zero attached hydrogens (tertiary/aromatic N) is 3. The number of anilines is 1. The average Bonchev–Trinajstić information content (AvgIpc) is 3.15. The van der Waals surface area contributed by atoms with Gasteiger partial charge in [-0.3, -0.25) is 4.79 Å². The quantitative estimate of drug-likeness (QED) is 0.786. The number of benzene rings is 1. The zero-order valence-electron chi connectivity index (χ0n) is 13.1. The molecule has 0 saturated heterocycles. The van der Waals surface area contributed by atoms with Gasteiger partial charge in [0.1, 0.15) is 12.2 Å². The molecule has 0 aliphatic heterocycles. The van der Waals surface area contributed by atoms with E-state index < -0.39 is 0 Å². The van der Waals surface area contributed by atoms with Crippen LogP contribution in [-0.4, -0.2) is 20.7 Å². The molecule has 0 bridgehead atoms. The van der Waals surface area contributed by atoms with Crippen molar-refractivity contribution < 1.29 is 9.21 Å². The minimum absolute atomic E-state index is 0.108. The number of carbonyl (C=O) groups excluding carboxylic acids is 1. The molecule has 0 aliphatic rings. The van der Waals surface area contributed by atoms with Crippen LogP contribution in [0.5, 0.6) is 0 Å². The highest BCUT2D eigenvalue weighted by molar-refractivity contribution is 5.90. The molecular weight excluding hydrogens is 292 g/mol. The summed E-state index contributed by atoms with van der Waals surface area (Å²) >= 11 is 0. The molecule has 0 fully saturated rings. The molecule has 0 spiro atoms. The van der Waals surface area contributed by atoms with E-state index in [1.165, 1.54) is 0 Å². The summed E-state index contributed by atoms with van der Waals surface area (Å²) in [5.41, 5.74) is 2.62. The van der Waals surface area contributed by atoms with Gasteiger partial charge in [-0.15, -0.1) is 10.2 Å². The molecule has 3 rings (SSSR count). The maximum absolute atomic E-state index is 12.2. The molecular formula is C17H18N4O2. The summed E-state index contributed by atoms with van der Waals surface area (Å²) in [6, 6.07) is 11.4. The normalized spacial score (nSPS) is 10.7. The minimum atomic E-state index is -0.108. The van der Waals surface area contributed by atoms with Gasteiger partial charge < -0.3 is 14.3 Å². The van der Waals surface area contributed by atoms with Gasteiger partial charge in [-0.25, -0.2) is 0 Å². The van der Waals surface area contributed by atoms with Crippen LogP contribution in [0.3, 0.4) is 0 Å². The summed E-state index contributed by atoms with van der Waals surface area (Å²) in [7, 11) is 0. The third kappa shape index (κ3) is 3.48. The van der Waals surface area contributed by atoms with Crippen molar-refractivity contribution in [3.05, 3.63) is 54.0 Å². The molecule has 6 heteroatoms. The highest BCUT2D eigenvalue weighted by Gasteiger charge is 2.13. The smallest absolute Gasteiger partial charge is 0.264 e. The third-order valence-corrected chi connectivity index (χ3v) is 3.43. The highest BCUT2D eigenvalue weighted by Crippen LogP contribution is 2.19. The topological polar surface area (TPSA) is 73.0 Å². The zero-order chi connectivity index (χ0) is 16.2. The largest absolute Gasteiger partial charge is 0.419 e. The first kappa shape index (κ1) is 15.0. The molecule has 1 N–H and O–H groups in total. The standard InChI is InChI=1S/C17H18N4O2/c1-3-16-19-20-17(23-16)14-8-5-9-21(14)11-15(22)18-13-7-4-6-12(2)10-13/h4-10H,3,11H2,1-2H3,(H,18,22). The van der Waals surface area contributed by atoms with E-state index in [1.54, 1.807) is 4.57 Å². The number of carbonyl (C=O) groups is 1. The van der Waals surface area contributed by atoms with Crippen LogP contribution in [0.2, 0.25) is 0 Å². The van der Waals surface area contributed by atoms with E-state index in [1.807, 2.05) is 56.4 Å². The van der Waals surface area contributed by atoms with Gasteiger partial charge in [0, 0.05) is 18.3 Å². The van der Waals surface area contributed by atoms with Crippen molar-refractivity contribution in [2.75, 3.05) is 5.32 Å². The van der Waals surface area contributed by atoms with Crippen LogP contribution in [0.25, 0.3) is 11.6 Å². The molecule has 0 saturated carbocycles. The van der Waals surface area contributed by atoms with Crippen LogP contribution >= 0.6 is 0 Å². The van der Waals surface area contributed by atoms with Crippen molar-refractivity contribution in [1.82, 2.24) is 14.8 Å². The van der Waals surface area contributed by atoms with Gasteiger partial charge in [0.25, 0.3) is 5.89 Å². The number of aryl methyl sites for hydroxylation is 2. The molecule has 118 valence electrons. The summed E-state index contributed by atoms with van der Waals surface area (Å²) in [6.07, 6.45) is 2.50. The molecule has 1 amide bonds. The molecule has 1 aromatic carbocycles. The van der Waals surface area contributed by atoms with E-state index in [9.17, 15) is 4.79 Å². The summed E-state index contributed by atoms with van der Waals surface area (Å²) in [5.74, 6) is 0.899. The first-order valence-corrected chi connectivity index (χ1v) is 7.50. The maximum atomic E-state index is 12.2. The van der Waals surface area contributed by atoms with Gasteiger partial charge in [0.15, 0.2) is 0 Å². The van der Waals surface area contributed by atoms with E-state index in [0.29, 0.717) is 18.2 Å². The molecule has 2 aromatic heterocycles. The van der Waals surface area contributed by atoms with Crippen molar-refractivity contribution in [3.8, 4) is 11.6 Å². The van der Waals surface area contributed by atoms with Gasteiger partial charge in [-0.2, -0.15) is 0 Å². The lowest BCUT2D eigenvalue weighted by Crippen LogP contribution is -2.18. The Hall–Kier alpha value is -2.89. The van der Waals surface area contributed by atoms with Gasteiger partial charge in [0.05, 0.1) is 0 Å². The van der Waals surface area contributed by atoms with Crippen LogP contribution in [-0.2, 0) is 17.8 Å². The SMILES string of the molecule is CCc1nnc(-c2cccn2CC(=O)Nc2cccc(C)c2)o1. The van der Waals surface area contributed by atoms with Crippen molar-refractivity contribution in [3.63, 3.8) is 0 Å². The van der Waals surface area contributed by atoms with Gasteiger partial charge >= 0.3 is 0 Å². The summed E-state index contributed by atoms with van der Waals surface area (Å²) in [5, 5.41) is 10.9. The van der Waals surface area contributed by atoms with Crippen LogP contribution in [0.15, 0.2) is 47.0 Å². The molecule has 0 aliphatic carbocycles. The van der Waals surface area contributed by atoms with Crippen LogP contribution in [0.4, 0.5) is 5.69 Å². The second-order valence-electron chi connectivity index (χ2n) is 5.29. The Balaban J connectivity index is 1.73. The molecule has 0 unspecified atom stereocenters. The molecule has 0 radical (unpaired) electrons. The number of nitrogens with one attached hydrogen (secondary N) is 1. The van der Waals surface area contributed by atoms with Crippen LogP contribution < -0.4 is 5.32 Å². The molecule has 2 heterocycles. The molecule has 23 heavy (non-hydrogen) atoms. The molecule has 0 atom stereocenters. The van der Waals surface area contributed by atoms with Crippen LogP contribution in [0.1, 0.15) is 18.4 Å². The first-order chi connectivity index (χ1) is 11.2. The Morgan fingerprint density at radius 2 is 2.13 bits per heavy atom. The third-order valence-electron chi connectivity index (χ3n) is 3.43. The minimum Gasteiger partial charge on any atom is -0.419 e. The van der Waals surface area contributed by atoms with Crippen molar-refractivity contribution in [2.24, 2.45) is 0 Å². The number of amides is 1. The lowest BCUT2D eigenvalue weighted by Gasteiger charge is -2.08. The fourth-order valence-corrected chi connectivity index (χ4v) is 2.32. The first-order valence-electron chi connectivity index (χ1n) is 7.50. The Labute approximate surface area is 134 Å². The van der Waals surface area contributed by atoms with Crippen LogP contribution in [0, 0.1) is 6.92 Å². The summed E-state index contributed by atoms with van der Waals surface area (Å²) < 4.78 is 7.35. The number of hydrogen-bond acceptors (Lipinski definition) is 4. The predicted octanol–water partition coefficient (Wildman–Crippen LogP) is 3.05. The fraction of sp³-hybridized carbons (Fsp3) is 0.235. The lowest BCUT2D eigenvalue weighted by atomic mass is 10.2.